The van der Waals surface area contributed by atoms with Crippen LogP contribution in [0.2, 0.25) is 0 Å². The molecule has 12 aliphatic heterocycles. The molecule has 780 valence electrons. The Kier molecular flexibility index (Phi) is 26.0. The van der Waals surface area contributed by atoms with Gasteiger partial charge < -0.3 is 118 Å². The van der Waals surface area contributed by atoms with Crippen LogP contribution in [0.5, 0.6) is 0 Å². The third kappa shape index (κ3) is 22.0. The van der Waals surface area contributed by atoms with E-state index in [0.29, 0.717) is 54.8 Å². The van der Waals surface area contributed by atoms with Crippen molar-refractivity contribution in [2.45, 2.75) is 347 Å². The molecule has 24 nitrogen and oxygen atoms in total. The third-order valence-electron chi connectivity index (χ3n) is 30.7. The van der Waals surface area contributed by atoms with Crippen molar-refractivity contribution in [3.8, 4) is 0 Å². The number of rotatable bonds is 20. The van der Waals surface area contributed by atoms with Crippen LogP contribution in [0.4, 0.5) is 68.2 Å². The van der Waals surface area contributed by atoms with E-state index in [2.05, 4.69) is 370 Å². The van der Waals surface area contributed by atoms with E-state index < -0.39 is 77.9 Å². The van der Waals surface area contributed by atoms with Crippen LogP contribution in [-0.2, 0) is 0 Å². The minimum atomic E-state index is -3.11. The second-order valence-corrected chi connectivity index (χ2v) is 40.7. The topological polar surface area (TPSA) is 77.8 Å². The first-order valence-corrected chi connectivity index (χ1v) is 51.3. The highest BCUT2D eigenvalue weighted by atomic mass is 15.5. The molecule has 0 saturated carbocycles. The molecular weight excluding hydrogens is 1780 g/mol. The largest absolute Gasteiger partial charge is 0.359 e. The highest BCUT2D eigenvalue weighted by Crippen LogP contribution is 2.46. The summed E-state index contributed by atoms with van der Waals surface area (Å²) in [6, 6.07) is 22.3. The number of hydrogen-bond acceptors (Lipinski definition) is 24. The molecule has 24 heteroatoms. The molecule has 6 aromatic carbocycles. The van der Waals surface area contributed by atoms with Crippen molar-refractivity contribution in [2.24, 2.45) is 0 Å². The number of benzene rings is 6. The van der Waals surface area contributed by atoms with E-state index in [9.17, 15) is 0 Å². The Hall–Kier alpha value is -12.6. The maximum Gasteiger partial charge on any atom is 0.103 e. The minimum absolute atomic E-state index is 0.221. The summed E-state index contributed by atoms with van der Waals surface area (Å²) in [4.78, 5) is 49.0. The number of nitrogens with zero attached hydrogens (tertiary/aromatic N) is 24. The number of anilines is 12. The van der Waals surface area contributed by atoms with Gasteiger partial charge in [-0.15, -0.1) is 0 Å². The highest BCUT2D eigenvalue weighted by molar-refractivity contribution is 5.78. The van der Waals surface area contributed by atoms with E-state index >= 15 is 0 Å². The SMILES string of the molecule is CCN1C=CN(c2cc(C)cc(N3C=CN(CC)[C@@H]3C)c2C)[C@@H]1C.Cc1cc(N2C=CN(C(C)C)[C@@H]2C)c(C)c(N2C=CN(C(C)C)[C@H]2C)c1.Cc1cc(N2C=CN(C)[C@H]2C)c(C)c(N2C=CN(C)[C@@H]2C)c1.[2H]C([2H])(C)N1C=CN(c2cc(C)cc(N3C=CN(C([2H])([2H])C([2H])([2H])[2H])[C@H]3C)c2C)[C@H]1C.[2H]C([2H])([2H])C([2H])(C)N1C=CN(c2cc(C)cc(N3C=CN(C([2H])(C([2H])([2H])[2H])C([2H])([2H])[2H])[C@@H]3C)c2C)[C@@H]1C.[2H]C([2H])([2H])N1C=CN(c2cc(C)cc(N3C=CN(C)[C@H]3C)c2C)[C@H]1C. The van der Waals surface area contributed by atoms with E-state index in [0.717, 1.165) is 79.8 Å². The summed E-state index contributed by atoms with van der Waals surface area (Å²) in [5.74, 6) is 0. The lowest BCUT2D eigenvalue weighted by Crippen LogP contribution is -2.41. The summed E-state index contributed by atoms with van der Waals surface area (Å²) in [5.41, 5.74) is 26.9. The molecule has 0 amide bonds. The lowest BCUT2D eigenvalue weighted by atomic mass is 10.1. The molecule has 13 atom stereocenters. The lowest BCUT2D eigenvalue weighted by Gasteiger charge is -2.36. The molecule has 18 rings (SSSR count). The second kappa shape index (κ2) is 45.4. The Bertz CT molecular complexity index is 6620. The summed E-state index contributed by atoms with van der Waals surface area (Å²) < 4.78 is 166. The Morgan fingerprint density at radius 2 is 0.417 bits per heavy atom. The van der Waals surface area contributed by atoms with Crippen LogP contribution >= 0.6 is 0 Å². The first-order valence-electron chi connectivity index (χ1n) is 61.8. The molecular formula is C120H180N24. The molecule has 0 fully saturated rings. The average Bonchev–Trinajstić information content (AvgIpc) is 1.61. The summed E-state index contributed by atoms with van der Waals surface area (Å²) in [7, 11) is 6.30. The zero-order valence-electron chi connectivity index (χ0n) is 114. The van der Waals surface area contributed by atoms with Crippen molar-refractivity contribution in [3.63, 3.8) is 0 Å². The molecule has 0 aliphatic carbocycles. The Morgan fingerprint density at radius 3 is 0.611 bits per heavy atom. The first-order chi connectivity index (χ1) is 76.3. The van der Waals surface area contributed by atoms with Gasteiger partial charge in [0.05, 0.1) is 2.74 Å². The summed E-state index contributed by atoms with van der Waals surface area (Å²) >= 11 is 0. The minimum Gasteiger partial charge on any atom is -0.359 e. The molecule has 0 spiro atoms. The predicted molar refractivity (Wildman–Crippen MR) is 617 cm³/mol. The van der Waals surface area contributed by atoms with Gasteiger partial charge in [0.25, 0.3) is 0 Å². The molecule has 0 saturated heterocycles. The molecule has 6 aromatic rings. The summed E-state index contributed by atoms with van der Waals surface area (Å²) in [6.07, 6.45) is 47.1. The quantitative estimate of drug-likeness (QED) is 0.0727. The average molecular weight is 1980 g/mol. The molecule has 12 aliphatic rings. The van der Waals surface area contributed by atoms with Crippen molar-refractivity contribution in [1.82, 2.24) is 58.8 Å². The predicted octanol–water partition coefficient (Wildman–Crippen LogP) is 25.3. The van der Waals surface area contributed by atoms with Gasteiger partial charge in [-0.3, -0.25) is 0 Å². The van der Waals surface area contributed by atoms with Crippen molar-refractivity contribution >= 4 is 68.2 Å². The van der Waals surface area contributed by atoms with Crippen molar-refractivity contribution in [2.75, 3.05) is 113 Å². The van der Waals surface area contributed by atoms with Crippen LogP contribution in [0.1, 0.15) is 261 Å². The van der Waals surface area contributed by atoms with Gasteiger partial charge in [-0.1, -0.05) is 0 Å². The Balaban J connectivity index is 0.000000164. The first kappa shape index (κ1) is 82.7. The fourth-order valence-electron chi connectivity index (χ4n) is 21.2. The van der Waals surface area contributed by atoms with Gasteiger partial charge in [0.2, 0.25) is 0 Å². The van der Waals surface area contributed by atoms with E-state index in [1.165, 1.54) is 108 Å². The van der Waals surface area contributed by atoms with E-state index in [4.69, 9.17) is 28.8 Å². The number of hydrogen-bond donors (Lipinski definition) is 0. The van der Waals surface area contributed by atoms with E-state index in [1.807, 2.05) is 97.8 Å². The van der Waals surface area contributed by atoms with Crippen LogP contribution in [0.15, 0.2) is 222 Å². The highest BCUT2D eigenvalue weighted by Gasteiger charge is 2.38. The maximum atomic E-state index is 8.57. The van der Waals surface area contributed by atoms with Crippen LogP contribution in [0.3, 0.4) is 0 Å². The van der Waals surface area contributed by atoms with Gasteiger partial charge in [-0.2, -0.15) is 0 Å². The second-order valence-electron chi connectivity index (χ2n) is 40.7. The fraction of sp³-hybridized carbons (Fsp3) is 0.500. The van der Waals surface area contributed by atoms with Gasteiger partial charge in [-0.05, 0) is 389 Å². The van der Waals surface area contributed by atoms with Crippen LogP contribution in [0.25, 0.3) is 0 Å². The van der Waals surface area contributed by atoms with E-state index in [-0.39, 0.29) is 18.5 Å². The third-order valence-corrected chi connectivity index (χ3v) is 30.7. The molecule has 144 heavy (non-hydrogen) atoms. The number of aryl methyl sites for hydroxylation is 6. The van der Waals surface area contributed by atoms with Crippen LogP contribution in [0, 0.1) is 83.1 Å². The van der Waals surface area contributed by atoms with Crippen molar-refractivity contribution in [3.05, 3.63) is 288 Å². The fourth-order valence-corrected chi connectivity index (χ4v) is 21.2. The molecule has 12 heterocycles. The molecule has 0 radical (unpaired) electrons. The molecule has 0 N–H and O–H groups in total. The van der Waals surface area contributed by atoms with Gasteiger partial charge in [0, 0.05) is 321 Å². The van der Waals surface area contributed by atoms with Gasteiger partial charge in [0.1, 0.15) is 74.0 Å². The van der Waals surface area contributed by atoms with Gasteiger partial charge in [0.15, 0.2) is 0 Å². The Labute approximate surface area is 900 Å². The summed E-state index contributed by atoms with van der Waals surface area (Å²) in [6.45, 7) is 50.6. The van der Waals surface area contributed by atoms with Gasteiger partial charge >= 0.3 is 0 Å². The summed E-state index contributed by atoms with van der Waals surface area (Å²) in [5, 5.41) is 0. The van der Waals surface area contributed by atoms with Crippen LogP contribution in [-0.4, -0.2) is 211 Å². The smallest absolute Gasteiger partial charge is 0.103 e. The maximum absolute atomic E-state index is 8.57. The standard InChI is InChI=1S/2C22H34N4.2C20H30N4.2C18H26N4/c2*1-15(2)23-9-11-25(19(23)7)21-13-17(5)14-22(18(21)6)26-12-10-24(16(3)4)20(26)8;2*1-7-21-9-11-23(17(21)5)19-13-15(3)14-20(16(19)4)24-12-10-22(8-2)18(24)6;2*1-13-11-17(21-9-7-19(5)15(21)3)14(2)18(12-13)22-10-8-20(6)16(22)4/h2*9-16,19-20H,1-8H3;2*9-14,17-18H,7-8H2,1-6H3;2*7-12,15-16H,1-6H3/t2*19-,20+;2*17-,18+;2*15-,16+/i1D3,2D3,3D3,15D,16D;;1D3,7D2,8D2;;5D3;/t16?,19-,20+;;m;;m;/m0.1.0./s1. The lowest BCUT2D eigenvalue weighted by molar-refractivity contribution is 0.262. The van der Waals surface area contributed by atoms with Crippen molar-refractivity contribution < 1.29 is 28.8 Å². The monoisotopic (exact) mass is 1980 g/mol. The van der Waals surface area contributed by atoms with Crippen molar-refractivity contribution in [1.29, 1.82) is 0 Å². The molecule has 1 unspecified atom stereocenters. The zero-order chi connectivity index (χ0) is 123. The molecule has 0 bridgehead atoms. The van der Waals surface area contributed by atoms with E-state index in [1.54, 1.807) is 67.8 Å². The molecule has 0 aromatic heterocycles. The van der Waals surface area contributed by atoms with Gasteiger partial charge in [-0.25, -0.2) is 0 Å². The Morgan fingerprint density at radius 1 is 0.229 bits per heavy atom. The zero-order valence-corrected chi connectivity index (χ0v) is 92.5. The van der Waals surface area contributed by atoms with Crippen LogP contribution < -0.4 is 58.8 Å². The normalized spacial score (nSPS) is 26.5.